The van der Waals surface area contributed by atoms with Gasteiger partial charge >= 0.3 is 5.69 Å². The summed E-state index contributed by atoms with van der Waals surface area (Å²) in [5, 5.41) is 14.6. The van der Waals surface area contributed by atoms with E-state index in [2.05, 4.69) is 20.3 Å². The van der Waals surface area contributed by atoms with Crippen LogP contribution >= 0.6 is 0 Å². The zero-order valence-corrected chi connectivity index (χ0v) is 19.5. The topological polar surface area (TPSA) is 158 Å². The van der Waals surface area contributed by atoms with Crippen LogP contribution in [0.3, 0.4) is 0 Å². The molecule has 0 unspecified atom stereocenters. The van der Waals surface area contributed by atoms with Gasteiger partial charge in [-0.15, -0.1) is 0 Å². The molecule has 0 aliphatic carbocycles. The van der Waals surface area contributed by atoms with E-state index < -0.39 is 20.4 Å². The summed E-state index contributed by atoms with van der Waals surface area (Å²) in [4.78, 5) is 37.5. The molecular weight excluding hydrogens is 476 g/mol. The Hall–Kier alpha value is -4.13. The third-order valence-corrected chi connectivity index (χ3v) is 6.56. The third-order valence-electron chi connectivity index (χ3n) is 5.43. The number of ether oxygens (including phenoxy) is 1. The Balaban J connectivity index is 1.46. The number of hydrogen-bond donors (Lipinski definition) is 1. The lowest BCUT2D eigenvalue weighted by Gasteiger charge is -2.31. The monoisotopic (exact) mass is 498 g/mol. The molecule has 1 aliphatic heterocycles. The Morgan fingerprint density at radius 1 is 1.17 bits per heavy atom. The van der Waals surface area contributed by atoms with E-state index in [0.29, 0.717) is 37.2 Å². The summed E-state index contributed by atoms with van der Waals surface area (Å²) < 4.78 is 29.1. The zero-order valence-electron chi connectivity index (χ0n) is 18.7. The highest BCUT2D eigenvalue weighted by atomic mass is 32.2. The summed E-state index contributed by atoms with van der Waals surface area (Å²) in [6, 6.07) is 9.15. The van der Waals surface area contributed by atoms with Gasteiger partial charge in [0.1, 0.15) is 12.4 Å². The molecule has 1 amide bonds. The number of sulfone groups is 1. The first-order valence-electron chi connectivity index (χ1n) is 10.6. The Kier molecular flexibility index (Phi) is 6.87. The highest BCUT2D eigenvalue weighted by molar-refractivity contribution is 7.90. The Bertz CT molecular complexity index is 1330. The Labute approximate surface area is 201 Å². The second-order valence-corrected chi connectivity index (χ2v) is 9.92. The molecule has 35 heavy (non-hydrogen) atoms. The number of carbonyl (C=O) groups excluding carboxylic acids is 1. The molecule has 12 nitrogen and oxygen atoms in total. The van der Waals surface area contributed by atoms with Crippen LogP contribution in [-0.4, -0.2) is 64.5 Å². The quantitative estimate of drug-likeness (QED) is 0.379. The summed E-state index contributed by atoms with van der Waals surface area (Å²) in [5.74, 6) is -0.397. The molecule has 1 aliphatic rings. The van der Waals surface area contributed by atoms with E-state index in [0.717, 1.165) is 12.6 Å². The number of nitrogens with one attached hydrogen (secondary N) is 1. The van der Waals surface area contributed by atoms with Gasteiger partial charge in [0.2, 0.25) is 5.82 Å². The van der Waals surface area contributed by atoms with Crippen LogP contribution in [0.4, 0.5) is 17.2 Å². The molecule has 1 aromatic carbocycles. The van der Waals surface area contributed by atoms with Crippen LogP contribution in [0.15, 0.2) is 60.0 Å². The van der Waals surface area contributed by atoms with E-state index >= 15 is 0 Å². The second-order valence-electron chi connectivity index (χ2n) is 7.91. The first-order valence-corrected chi connectivity index (χ1v) is 12.5. The number of nitro groups is 1. The minimum atomic E-state index is -3.37. The van der Waals surface area contributed by atoms with Crippen molar-refractivity contribution in [1.29, 1.82) is 0 Å². The number of pyridine rings is 1. The number of benzene rings is 1. The van der Waals surface area contributed by atoms with Crippen LogP contribution in [0.2, 0.25) is 0 Å². The molecule has 4 rings (SSSR count). The van der Waals surface area contributed by atoms with Gasteiger partial charge in [-0.1, -0.05) is 0 Å². The number of amides is 1. The van der Waals surface area contributed by atoms with Crippen LogP contribution < -0.4 is 10.1 Å². The van der Waals surface area contributed by atoms with Crippen molar-refractivity contribution in [2.45, 2.75) is 23.8 Å². The van der Waals surface area contributed by atoms with Gasteiger partial charge in [-0.05, 0) is 36.4 Å². The smallest absolute Gasteiger partial charge is 0.373 e. The van der Waals surface area contributed by atoms with Crippen molar-refractivity contribution in [3.8, 4) is 5.88 Å². The van der Waals surface area contributed by atoms with E-state index in [9.17, 15) is 23.3 Å². The number of nitrogens with zero attached hydrogens (tertiary/aromatic N) is 5. The minimum absolute atomic E-state index is 0.0868. The predicted octanol–water partition coefficient (Wildman–Crippen LogP) is 2.61. The SMILES string of the molecule is CS(=O)(=O)c1ccc(Nc2ncnc(OC3CCN(C(=O)c4cccnc4)CC3)c2[N+](=O)[O-])cc1. The van der Waals surface area contributed by atoms with Crippen molar-refractivity contribution >= 4 is 32.9 Å². The molecule has 0 atom stereocenters. The van der Waals surface area contributed by atoms with Gasteiger partial charge in [0.15, 0.2) is 9.84 Å². The van der Waals surface area contributed by atoms with Gasteiger partial charge in [0.25, 0.3) is 11.8 Å². The Morgan fingerprint density at radius 3 is 2.49 bits per heavy atom. The molecule has 13 heteroatoms. The molecule has 1 fully saturated rings. The summed E-state index contributed by atoms with van der Waals surface area (Å²) in [6.45, 7) is 0.851. The second kappa shape index (κ2) is 10.0. The summed E-state index contributed by atoms with van der Waals surface area (Å²) in [7, 11) is -3.37. The number of anilines is 2. The van der Waals surface area contributed by atoms with Gasteiger partial charge < -0.3 is 15.0 Å². The number of carbonyl (C=O) groups is 1. The van der Waals surface area contributed by atoms with E-state index in [1.165, 1.54) is 30.5 Å². The van der Waals surface area contributed by atoms with E-state index in [4.69, 9.17) is 4.74 Å². The number of rotatable bonds is 7. The molecular formula is C22H22N6O6S. The molecule has 0 radical (unpaired) electrons. The van der Waals surface area contributed by atoms with Gasteiger partial charge in [-0.3, -0.25) is 19.9 Å². The van der Waals surface area contributed by atoms with Gasteiger partial charge in [0, 0.05) is 50.3 Å². The average Bonchev–Trinajstić information content (AvgIpc) is 2.84. The third kappa shape index (κ3) is 5.69. The summed E-state index contributed by atoms with van der Waals surface area (Å²) >= 11 is 0. The van der Waals surface area contributed by atoms with Crippen LogP contribution in [0.1, 0.15) is 23.2 Å². The lowest BCUT2D eigenvalue weighted by molar-refractivity contribution is -0.385. The van der Waals surface area contributed by atoms with E-state index in [-0.39, 0.29) is 28.6 Å². The maximum absolute atomic E-state index is 12.6. The van der Waals surface area contributed by atoms with Crippen molar-refractivity contribution in [3.63, 3.8) is 0 Å². The number of piperidine rings is 1. The van der Waals surface area contributed by atoms with Crippen LogP contribution in [0, 0.1) is 10.1 Å². The average molecular weight is 499 g/mol. The highest BCUT2D eigenvalue weighted by Gasteiger charge is 2.30. The molecule has 1 saturated heterocycles. The van der Waals surface area contributed by atoms with E-state index in [1.54, 1.807) is 23.2 Å². The summed E-state index contributed by atoms with van der Waals surface area (Å²) in [5.41, 5.74) is 0.472. The molecule has 0 saturated carbocycles. The maximum atomic E-state index is 12.6. The van der Waals surface area contributed by atoms with Crippen molar-refractivity contribution < 1.29 is 22.9 Å². The predicted molar refractivity (Wildman–Crippen MR) is 125 cm³/mol. The normalized spacial score (nSPS) is 14.4. The zero-order chi connectivity index (χ0) is 25.0. The number of hydrogen-bond acceptors (Lipinski definition) is 10. The van der Waals surface area contributed by atoms with Gasteiger partial charge in [-0.2, -0.15) is 4.98 Å². The molecule has 1 N–H and O–H groups in total. The van der Waals surface area contributed by atoms with Crippen LogP contribution in [0.5, 0.6) is 5.88 Å². The Morgan fingerprint density at radius 2 is 1.89 bits per heavy atom. The van der Waals surface area contributed by atoms with Crippen LogP contribution in [0.25, 0.3) is 0 Å². The first kappa shape index (κ1) is 24.0. The number of aromatic nitrogens is 3. The van der Waals surface area contributed by atoms with Crippen molar-refractivity contribution in [3.05, 3.63) is 70.8 Å². The van der Waals surface area contributed by atoms with Gasteiger partial charge in [0.05, 0.1) is 15.4 Å². The van der Waals surface area contributed by atoms with Crippen molar-refractivity contribution in [1.82, 2.24) is 19.9 Å². The molecule has 3 heterocycles. The largest absolute Gasteiger partial charge is 0.469 e. The fourth-order valence-corrected chi connectivity index (χ4v) is 4.26. The lowest BCUT2D eigenvalue weighted by Crippen LogP contribution is -2.42. The fourth-order valence-electron chi connectivity index (χ4n) is 3.63. The lowest BCUT2D eigenvalue weighted by atomic mass is 10.1. The summed E-state index contributed by atoms with van der Waals surface area (Å²) in [6.07, 6.45) is 5.93. The maximum Gasteiger partial charge on any atom is 0.373 e. The van der Waals surface area contributed by atoms with Crippen molar-refractivity contribution in [2.75, 3.05) is 24.7 Å². The molecule has 0 bridgehead atoms. The molecule has 182 valence electrons. The van der Waals surface area contributed by atoms with Crippen molar-refractivity contribution in [2.24, 2.45) is 0 Å². The minimum Gasteiger partial charge on any atom is -0.469 e. The molecule has 2 aromatic heterocycles. The van der Waals surface area contributed by atoms with Gasteiger partial charge in [-0.25, -0.2) is 13.4 Å². The first-order chi connectivity index (χ1) is 16.7. The van der Waals surface area contributed by atoms with E-state index in [1.807, 2.05) is 0 Å². The van der Waals surface area contributed by atoms with Crippen LogP contribution in [-0.2, 0) is 9.84 Å². The molecule has 3 aromatic rings. The fraction of sp³-hybridized carbons (Fsp3) is 0.273. The highest BCUT2D eigenvalue weighted by Crippen LogP contribution is 2.34. The number of likely N-dealkylation sites (tertiary alicyclic amines) is 1. The standard InChI is InChI=1S/C22H22N6O6S/c1-35(32,33)18-6-4-16(5-7-18)26-20-19(28(30)31)21(25-14-24-20)34-17-8-11-27(12-9-17)22(29)15-3-2-10-23-13-15/h2-7,10,13-14,17H,8-9,11-12H2,1H3,(H,24,25,26). The molecule has 0 spiro atoms.